The fourth-order valence-corrected chi connectivity index (χ4v) is 2.56. The van der Waals surface area contributed by atoms with Gasteiger partial charge in [-0.05, 0) is 42.0 Å². The molecular formula is C22H20FN3O2. The number of carbonyl (C=O) groups is 2. The number of hydrogen-bond acceptors (Lipinski definition) is 3. The lowest BCUT2D eigenvalue weighted by atomic mass is 10.1. The van der Waals surface area contributed by atoms with E-state index in [1.807, 2.05) is 30.3 Å². The molecule has 0 aliphatic carbocycles. The topological polar surface area (TPSA) is 70.2 Å². The van der Waals surface area contributed by atoms with Crippen molar-refractivity contribution in [2.75, 3.05) is 17.2 Å². The van der Waals surface area contributed by atoms with E-state index in [0.717, 1.165) is 5.56 Å². The molecular weight excluding hydrogens is 357 g/mol. The molecule has 3 aromatic rings. The summed E-state index contributed by atoms with van der Waals surface area (Å²) >= 11 is 0. The molecule has 0 atom stereocenters. The Balaban J connectivity index is 1.48. The molecule has 3 N–H and O–H groups in total. The highest BCUT2D eigenvalue weighted by atomic mass is 19.1. The van der Waals surface area contributed by atoms with Crippen molar-refractivity contribution in [2.24, 2.45) is 0 Å². The minimum Gasteiger partial charge on any atom is -0.376 e. The maximum Gasteiger partial charge on any atom is 0.251 e. The van der Waals surface area contributed by atoms with Gasteiger partial charge in [0.05, 0.1) is 12.2 Å². The van der Waals surface area contributed by atoms with E-state index in [1.165, 1.54) is 12.1 Å². The van der Waals surface area contributed by atoms with Crippen molar-refractivity contribution in [3.05, 3.63) is 95.8 Å². The van der Waals surface area contributed by atoms with Gasteiger partial charge in [0.2, 0.25) is 5.91 Å². The van der Waals surface area contributed by atoms with Crippen molar-refractivity contribution in [2.45, 2.75) is 6.54 Å². The Labute approximate surface area is 162 Å². The number of carbonyl (C=O) groups excluding carboxylic acids is 2. The third kappa shape index (κ3) is 5.41. The molecule has 0 radical (unpaired) electrons. The Bertz CT molecular complexity index is 944. The summed E-state index contributed by atoms with van der Waals surface area (Å²) in [6, 6.07) is 22.4. The molecule has 6 heteroatoms. The molecule has 0 bridgehead atoms. The second-order valence-corrected chi connectivity index (χ2v) is 6.13. The van der Waals surface area contributed by atoms with E-state index in [-0.39, 0.29) is 24.0 Å². The number of benzene rings is 3. The van der Waals surface area contributed by atoms with Gasteiger partial charge in [-0.3, -0.25) is 9.59 Å². The average molecular weight is 377 g/mol. The molecule has 0 unspecified atom stereocenters. The number of para-hydroxylation sites is 1. The molecule has 0 aromatic heterocycles. The fraction of sp³-hybridized carbons (Fsp3) is 0.0909. The number of halogens is 1. The lowest BCUT2D eigenvalue weighted by Gasteiger charge is -2.09. The molecule has 5 nitrogen and oxygen atoms in total. The molecule has 28 heavy (non-hydrogen) atoms. The van der Waals surface area contributed by atoms with Crippen LogP contribution in [0.1, 0.15) is 15.9 Å². The summed E-state index contributed by atoms with van der Waals surface area (Å²) in [5.74, 6) is -1.02. The molecule has 0 fully saturated rings. The Hall–Kier alpha value is -3.67. The predicted molar refractivity (Wildman–Crippen MR) is 108 cm³/mol. The molecule has 0 heterocycles. The maximum atomic E-state index is 13.5. The summed E-state index contributed by atoms with van der Waals surface area (Å²) in [6.45, 7) is 0.434. The maximum absolute atomic E-state index is 13.5. The van der Waals surface area contributed by atoms with Gasteiger partial charge in [0, 0.05) is 17.8 Å². The second kappa shape index (κ2) is 9.32. The number of amides is 2. The number of hydrogen-bond donors (Lipinski definition) is 3. The van der Waals surface area contributed by atoms with E-state index < -0.39 is 5.82 Å². The fourth-order valence-electron chi connectivity index (χ4n) is 2.56. The highest BCUT2D eigenvalue weighted by Gasteiger charge is 2.08. The second-order valence-electron chi connectivity index (χ2n) is 6.13. The van der Waals surface area contributed by atoms with Crippen LogP contribution in [0.25, 0.3) is 0 Å². The van der Waals surface area contributed by atoms with E-state index >= 15 is 0 Å². The first-order valence-corrected chi connectivity index (χ1v) is 8.82. The van der Waals surface area contributed by atoms with E-state index in [0.29, 0.717) is 17.8 Å². The van der Waals surface area contributed by atoms with Crippen LogP contribution in [-0.2, 0) is 11.3 Å². The van der Waals surface area contributed by atoms with Crippen LogP contribution >= 0.6 is 0 Å². The first kappa shape index (κ1) is 19.1. The van der Waals surface area contributed by atoms with Crippen molar-refractivity contribution >= 4 is 23.2 Å². The van der Waals surface area contributed by atoms with Gasteiger partial charge in [-0.25, -0.2) is 4.39 Å². The number of anilines is 2. The van der Waals surface area contributed by atoms with Gasteiger partial charge in [-0.2, -0.15) is 0 Å². The van der Waals surface area contributed by atoms with Gasteiger partial charge in [-0.1, -0.05) is 42.5 Å². The number of rotatable bonds is 7. The van der Waals surface area contributed by atoms with Gasteiger partial charge < -0.3 is 16.0 Å². The number of nitrogens with one attached hydrogen (secondary N) is 3. The molecule has 0 aliphatic heterocycles. The van der Waals surface area contributed by atoms with Gasteiger partial charge in [-0.15, -0.1) is 0 Å². The zero-order valence-electron chi connectivity index (χ0n) is 15.1. The molecule has 142 valence electrons. The van der Waals surface area contributed by atoms with E-state index in [1.54, 1.807) is 36.4 Å². The minimum absolute atomic E-state index is 0.0200. The lowest BCUT2D eigenvalue weighted by molar-refractivity contribution is -0.114. The van der Waals surface area contributed by atoms with Crippen LogP contribution in [0, 0.1) is 5.82 Å². The van der Waals surface area contributed by atoms with Crippen LogP contribution in [0.2, 0.25) is 0 Å². The molecule has 0 saturated carbocycles. The summed E-state index contributed by atoms with van der Waals surface area (Å²) in [6.07, 6.45) is 0. The van der Waals surface area contributed by atoms with Crippen molar-refractivity contribution < 1.29 is 14.0 Å². The molecule has 2 amide bonds. The Morgan fingerprint density at radius 2 is 1.50 bits per heavy atom. The van der Waals surface area contributed by atoms with Crippen LogP contribution in [0.3, 0.4) is 0 Å². The zero-order chi connectivity index (χ0) is 19.8. The standard InChI is InChI=1S/C22H20FN3O2/c23-19-8-4-5-9-20(19)26-21(27)15-24-18-12-10-17(11-13-18)22(28)25-14-16-6-2-1-3-7-16/h1-13,24H,14-15H2,(H,25,28)(H,26,27). The SMILES string of the molecule is O=C(CNc1ccc(C(=O)NCc2ccccc2)cc1)Nc1ccccc1F. The Morgan fingerprint density at radius 1 is 0.821 bits per heavy atom. The van der Waals surface area contributed by atoms with Crippen molar-refractivity contribution in [1.82, 2.24) is 5.32 Å². The van der Waals surface area contributed by atoms with E-state index in [4.69, 9.17) is 0 Å². The zero-order valence-corrected chi connectivity index (χ0v) is 15.1. The van der Waals surface area contributed by atoms with Gasteiger partial charge in [0.25, 0.3) is 5.91 Å². The Morgan fingerprint density at radius 3 is 2.21 bits per heavy atom. The van der Waals surface area contributed by atoms with E-state index in [9.17, 15) is 14.0 Å². The summed E-state index contributed by atoms with van der Waals surface area (Å²) in [4.78, 5) is 24.1. The Kier molecular flexibility index (Phi) is 6.36. The van der Waals surface area contributed by atoms with Crippen LogP contribution in [-0.4, -0.2) is 18.4 Å². The highest BCUT2D eigenvalue weighted by Crippen LogP contribution is 2.13. The van der Waals surface area contributed by atoms with Gasteiger partial charge >= 0.3 is 0 Å². The molecule has 0 saturated heterocycles. The first-order chi connectivity index (χ1) is 13.6. The third-order valence-corrected chi connectivity index (χ3v) is 4.04. The van der Waals surface area contributed by atoms with E-state index in [2.05, 4.69) is 16.0 Å². The molecule has 3 aromatic carbocycles. The summed E-state index contributed by atoms with van der Waals surface area (Å²) < 4.78 is 13.5. The van der Waals surface area contributed by atoms with Crippen molar-refractivity contribution in [3.8, 4) is 0 Å². The highest BCUT2D eigenvalue weighted by molar-refractivity contribution is 5.95. The monoisotopic (exact) mass is 377 g/mol. The van der Waals surface area contributed by atoms with Crippen LogP contribution in [0.4, 0.5) is 15.8 Å². The van der Waals surface area contributed by atoms with Crippen LogP contribution in [0.5, 0.6) is 0 Å². The van der Waals surface area contributed by atoms with Crippen LogP contribution in [0.15, 0.2) is 78.9 Å². The first-order valence-electron chi connectivity index (χ1n) is 8.82. The molecule has 0 spiro atoms. The normalized spacial score (nSPS) is 10.2. The average Bonchev–Trinajstić information content (AvgIpc) is 2.73. The third-order valence-electron chi connectivity index (χ3n) is 4.04. The summed E-state index contributed by atoms with van der Waals surface area (Å²) in [5, 5.41) is 8.30. The molecule has 0 aliphatic rings. The largest absolute Gasteiger partial charge is 0.376 e. The quantitative estimate of drug-likeness (QED) is 0.586. The summed E-state index contributed by atoms with van der Waals surface area (Å²) in [5.41, 5.74) is 2.37. The minimum atomic E-state index is -0.485. The predicted octanol–water partition coefficient (Wildman–Crippen LogP) is 3.81. The van der Waals surface area contributed by atoms with Crippen molar-refractivity contribution in [3.63, 3.8) is 0 Å². The smallest absolute Gasteiger partial charge is 0.251 e. The molecule has 3 rings (SSSR count). The van der Waals surface area contributed by atoms with Gasteiger partial charge in [0.1, 0.15) is 5.82 Å². The van der Waals surface area contributed by atoms with Crippen LogP contribution < -0.4 is 16.0 Å². The van der Waals surface area contributed by atoms with Gasteiger partial charge in [0.15, 0.2) is 0 Å². The summed E-state index contributed by atoms with van der Waals surface area (Å²) in [7, 11) is 0. The van der Waals surface area contributed by atoms with Crippen molar-refractivity contribution in [1.29, 1.82) is 0 Å². The lowest BCUT2D eigenvalue weighted by Crippen LogP contribution is -2.23.